The number of hydrogen-bond donors (Lipinski definition) is 1. The first-order chi connectivity index (χ1) is 13.3. The molecule has 0 bridgehead atoms. The molecule has 1 aliphatic rings. The SMILES string of the molecule is N#Cc1c(NC(=O)CCSc2ccccc2)sc2c1CCc1ccccc1-2. The van der Waals surface area contributed by atoms with Gasteiger partial charge in [0.15, 0.2) is 0 Å². The van der Waals surface area contributed by atoms with Gasteiger partial charge >= 0.3 is 0 Å². The zero-order chi connectivity index (χ0) is 18.6. The summed E-state index contributed by atoms with van der Waals surface area (Å²) in [5.74, 6) is 0.674. The third-order valence-electron chi connectivity index (χ3n) is 4.62. The molecule has 27 heavy (non-hydrogen) atoms. The van der Waals surface area contributed by atoms with E-state index in [1.54, 1.807) is 11.8 Å². The minimum atomic E-state index is -0.0400. The third kappa shape index (κ3) is 3.78. The van der Waals surface area contributed by atoms with Crippen LogP contribution in [0, 0.1) is 11.3 Å². The van der Waals surface area contributed by atoms with E-state index in [1.165, 1.54) is 22.5 Å². The van der Waals surface area contributed by atoms with Crippen LogP contribution in [-0.4, -0.2) is 11.7 Å². The lowest BCUT2D eigenvalue weighted by atomic mass is 9.90. The summed E-state index contributed by atoms with van der Waals surface area (Å²) < 4.78 is 0. The number of thiophene rings is 1. The van der Waals surface area contributed by atoms with Crippen LogP contribution in [-0.2, 0) is 17.6 Å². The van der Waals surface area contributed by atoms with Gasteiger partial charge in [-0.3, -0.25) is 4.79 Å². The number of rotatable bonds is 5. The van der Waals surface area contributed by atoms with Crippen molar-refractivity contribution in [2.75, 3.05) is 11.1 Å². The molecule has 5 heteroatoms. The molecule has 4 rings (SSSR count). The van der Waals surface area contributed by atoms with E-state index in [1.807, 2.05) is 36.4 Å². The first kappa shape index (κ1) is 17.8. The predicted molar refractivity (Wildman–Crippen MR) is 112 cm³/mol. The quantitative estimate of drug-likeness (QED) is 0.585. The number of benzene rings is 2. The fraction of sp³-hybridized carbons (Fsp3) is 0.182. The van der Waals surface area contributed by atoms with Crippen molar-refractivity contribution in [3.05, 3.63) is 71.3 Å². The highest BCUT2D eigenvalue weighted by atomic mass is 32.2. The molecule has 3 nitrogen and oxygen atoms in total. The Morgan fingerprint density at radius 1 is 1.11 bits per heavy atom. The second kappa shape index (κ2) is 7.99. The van der Waals surface area contributed by atoms with Crippen molar-refractivity contribution >= 4 is 34.0 Å². The Morgan fingerprint density at radius 2 is 1.89 bits per heavy atom. The number of nitrogens with one attached hydrogen (secondary N) is 1. The number of carbonyl (C=O) groups excluding carboxylic acids is 1. The van der Waals surface area contributed by atoms with Crippen LogP contribution in [0.4, 0.5) is 5.00 Å². The number of hydrogen-bond acceptors (Lipinski definition) is 4. The summed E-state index contributed by atoms with van der Waals surface area (Å²) >= 11 is 3.19. The Morgan fingerprint density at radius 3 is 2.70 bits per heavy atom. The highest BCUT2D eigenvalue weighted by Gasteiger charge is 2.25. The van der Waals surface area contributed by atoms with Crippen molar-refractivity contribution in [3.8, 4) is 16.5 Å². The van der Waals surface area contributed by atoms with E-state index in [4.69, 9.17) is 0 Å². The Kier molecular flexibility index (Phi) is 5.28. The smallest absolute Gasteiger partial charge is 0.225 e. The topological polar surface area (TPSA) is 52.9 Å². The van der Waals surface area contributed by atoms with Gasteiger partial charge in [0.25, 0.3) is 0 Å². The van der Waals surface area contributed by atoms with Crippen LogP contribution in [0.3, 0.4) is 0 Å². The largest absolute Gasteiger partial charge is 0.317 e. The standard InChI is InChI=1S/C22H18N2OS2/c23-14-19-18-11-10-15-6-4-5-9-17(15)21(18)27-22(19)24-20(25)12-13-26-16-7-2-1-3-8-16/h1-9H,10-13H2,(H,24,25). The molecule has 1 amide bonds. The Hall–Kier alpha value is -2.55. The van der Waals surface area contributed by atoms with Gasteiger partial charge in [-0.15, -0.1) is 23.1 Å². The number of anilines is 1. The number of aryl methyl sites for hydroxylation is 1. The number of nitrogens with zero attached hydrogens (tertiary/aromatic N) is 1. The molecular formula is C22H18N2OS2. The minimum absolute atomic E-state index is 0.0400. The molecule has 2 aromatic carbocycles. The molecular weight excluding hydrogens is 372 g/mol. The summed E-state index contributed by atoms with van der Waals surface area (Å²) in [6.07, 6.45) is 2.21. The van der Waals surface area contributed by atoms with Crippen molar-refractivity contribution in [1.82, 2.24) is 0 Å². The molecule has 0 spiro atoms. The molecule has 3 aromatic rings. The Balaban J connectivity index is 1.48. The number of carbonyl (C=O) groups is 1. The van der Waals surface area contributed by atoms with Crippen LogP contribution < -0.4 is 5.32 Å². The molecule has 0 saturated carbocycles. The summed E-state index contributed by atoms with van der Waals surface area (Å²) in [7, 11) is 0. The zero-order valence-corrected chi connectivity index (χ0v) is 16.3. The predicted octanol–water partition coefficient (Wildman–Crippen LogP) is 5.51. The van der Waals surface area contributed by atoms with Crippen LogP contribution in [0.25, 0.3) is 10.4 Å². The van der Waals surface area contributed by atoms with E-state index in [2.05, 4.69) is 29.6 Å². The van der Waals surface area contributed by atoms with Gasteiger partial charge in [-0.2, -0.15) is 5.26 Å². The number of thioether (sulfide) groups is 1. The van der Waals surface area contributed by atoms with Gasteiger partial charge in [-0.25, -0.2) is 0 Å². The van der Waals surface area contributed by atoms with Crippen LogP contribution in [0.15, 0.2) is 59.5 Å². The summed E-state index contributed by atoms with van der Waals surface area (Å²) in [6.45, 7) is 0. The fourth-order valence-corrected chi connectivity index (χ4v) is 5.46. The van der Waals surface area contributed by atoms with Gasteiger partial charge in [-0.1, -0.05) is 42.5 Å². The summed E-state index contributed by atoms with van der Waals surface area (Å²) in [5, 5.41) is 13.3. The molecule has 0 radical (unpaired) electrons. The van der Waals surface area contributed by atoms with Crippen LogP contribution in [0.1, 0.15) is 23.1 Å². The van der Waals surface area contributed by atoms with E-state index < -0.39 is 0 Å². The van der Waals surface area contributed by atoms with Gasteiger partial charge in [-0.05, 0) is 41.7 Å². The van der Waals surface area contributed by atoms with Gasteiger partial charge in [0.2, 0.25) is 5.91 Å². The van der Waals surface area contributed by atoms with E-state index in [0.29, 0.717) is 22.7 Å². The summed E-state index contributed by atoms with van der Waals surface area (Å²) in [5.41, 5.74) is 4.22. The van der Waals surface area contributed by atoms with Gasteiger partial charge in [0.1, 0.15) is 11.1 Å². The van der Waals surface area contributed by atoms with Crippen molar-refractivity contribution in [3.63, 3.8) is 0 Å². The first-order valence-corrected chi connectivity index (χ1v) is 10.7. The first-order valence-electron chi connectivity index (χ1n) is 8.88. The molecule has 1 aromatic heterocycles. The Bertz CT molecular complexity index is 1020. The number of amides is 1. The third-order valence-corrected chi connectivity index (χ3v) is 6.81. The Labute approximate surface area is 167 Å². The number of nitriles is 1. The second-order valence-electron chi connectivity index (χ2n) is 6.34. The highest BCUT2D eigenvalue weighted by Crippen LogP contribution is 2.44. The molecule has 134 valence electrons. The average molecular weight is 391 g/mol. The van der Waals surface area contributed by atoms with Crippen LogP contribution in [0.5, 0.6) is 0 Å². The highest BCUT2D eigenvalue weighted by molar-refractivity contribution is 7.99. The van der Waals surface area contributed by atoms with Crippen molar-refractivity contribution in [2.45, 2.75) is 24.2 Å². The van der Waals surface area contributed by atoms with Crippen LogP contribution >= 0.6 is 23.1 Å². The fourth-order valence-electron chi connectivity index (χ4n) is 3.31. The van der Waals surface area contributed by atoms with Crippen LogP contribution in [0.2, 0.25) is 0 Å². The van der Waals surface area contributed by atoms with Gasteiger partial charge in [0, 0.05) is 21.9 Å². The second-order valence-corrected chi connectivity index (χ2v) is 8.53. The number of fused-ring (bicyclic) bond motifs is 3. The molecule has 0 atom stereocenters. The molecule has 0 unspecified atom stereocenters. The lowest BCUT2D eigenvalue weighted by Crippen LogP contribution is -2.12. The van der Waals surface area contributed by atoms with Crippen molar-refractivity contribution in [2.24, 2.45) is 0 Å². The minimum Gasteiger partial charge on any atom is -0.317 e. The van der Waals surface area contributed by atoms with E-state index >= 15 is 0 Å². The zero-order valence-electron chi connectivity index (χ0n) is 14.7. The average Bonchev–Trinajstić information content (AvgIpc) is 3.06. The summed E-state index contributed by atoms with van der Waals surface area (Å²) in [6, 6.07) is 20.7. The molecule has 0 saturated heterocycles. The molecule has 0 aliphatic heterocycles. The monoisotopic (exact) mass is 390 g/mol. The molecule has 1 N–H and O–H groups in total. The lowest BCUT2D eigenvalue weighted by molar-refractivity contribution is -0.115. The van der Waals surface area contributed by atoms with Crippen molar-refractivity contribution < 1.29 is 4.79 Å². The van der Waals surface area contributed by atoms with Gasteiger partial charge < -0.3 is 5.32 Å². The summed E-state index contributed by atoms with van der Waals surface area (Å²) in [4.78, 5) is 14.7. The van der Waals surface area contributed by atoms with E-state index in [0.717, 1.165) is 28.2 Å². The maximum atomic E-state index is 12.4. The van der Waals surface area contributed by atoms with Gasteiger partial charge in [0.05, 0.1) is 5.56 Å². The van der Waals surface area contributed by atoms with E-state index in [-0.39, 0.29) is 5.91 Å². The maximum Gasteiger partial charge on any atom is 0.225 e. The lowest BCUT2D eigenvalue weighted by Gasteiger charge is -2.15. The molecule has 0 fully saturated rings. The van der Waals surface area contributed by atoms with E-state index in [9.17, 15) is 10.1 Å². The molecule has 1 heterocycles. The molecule has 1 aliphatic carbocycles. The maximum absolute atomic E-state index is 12.4. The normalized spacial score (nSPS) is 12.0. The van der Waals surface area contributed by atoms with Crippen molar-refractivity contribution in [1.29, 1.82) is 5.26 Å².